The van der Waals surface area contributed by atoms with Gasteiger partial charge in [-0.2, -0.15) is 13.1 Å². The third kappa shape index (κ3) is 11.1. The van der Waals surface area contributed by atoms with Crippen LogP contribution in [0.5, 0.6) is 17.2 Å². The number of nitrogens with one attached hydrogen (secondary N) is 2. The van der Waals surface area contributed by atoms with Crippen LogP contribution in [0, 0.1) is 0 Å². The Balaban J connectivity index is 0.000000509. The zero-order chi connectivity index (χ0) is 37.1. The van der Waals surface area contributed by atoms with Crippen molar-refractivity contribution in [2.24, 2.45) is 0 Å². The normalized spacial score (nSPS) is 15.6. The van der Waals surface area contributed by atoms with Crippen molar-refractivity contribution in [1.82, 2.24) is 4.98 Å². The fourth-order valence-corrected chi connectivity index (χ4v) is 6.30. The molecule has 0 saturated carbocycles. The molecule has 1 amide bonds. The van der Waals surface area contributed by atoms with Gasteiger partial charge in [-0.3, -0.25) is 4.79 Å². The van der Waals surface area contributed by atoms with Crippen molar-refractivity contribution >= 4 is 50.6 Å². The van der Waals surface area contributed by atoms with E-state index in [1.165, 1.54) is 0 Å². The Morgan fingerprint density at radius 1 is 0.922 bits per heavy atom. The van der Waals surface area contributed by atoms with E-state index in [1.54, 1.807) is 60.0 Å². The summed E-state index contributed by atoms with van der Waals surface area (Å²) in [6.45, 7) is 7.69. The molecule has 51 heavy (non-hydrogen) atoms. The van der Waals surface area contributed by atoms with Crippen LogP contribution >= 0.6 is 11.6 Å². The second kappa shape index (κ2) is 20.7. The second-order valence-corrected chi connectivity index (χ2v) is 12.7. The van der Waals surface area contributed by atoms with Crippen LogP contribution in [0.1, 0.15) is 62.5 Å². The van der Waals surface area contributed by atoms with Gasteiger partial charge in [0.25, 0.3) is 5.91 Å². The Kier molecular flexibility index (Phi) is 17.8. The first kappa shape index (κ1) is 43.9. The largest absolute Gasteiger partial charge is 2.00 e. The molecule has 3 aromatic carbocycles. The van der Waals surface area contributed by atoms with Crippen molar-refractivity contribution in [3.63, 3.8) is 0 Å². The zero-order valence-corrected chi connectivity index (χ0v) is 32.3. The van der Waals surface area contributed by atoms with Crippen LogP contribution in [0.2, 0.25) is 0 Å². The van der Waals surface area contributed by atoms with E-state index in [0.717, 1.165) is 33.1 Å². The van der Waals surface area contributed by atoms with Gasteiger partial charge in [0.2, 0.25) is 5.75 Å². The average molecular weight is 767 g/mol. The Hall–Kier alpha value is -3.25. The van der Waals surface area contributed by atoms with Crippen LogP contribution in [0.15, 0.2) is 42.5 Å². The maximum absolute atomic E-state index is 13.9. The van der Waals surface area contributed by atoms with Gasteiger partial charge in [-0.25, -0.2) is 0 Å². The number of carbonyl (C=O) groups is 1. The monoisotopic (exact) mass is 766 g/mol. The van der Waals surface area contributed by atoms with Crippen molar-refractivity contribution in [2.75, 3.05) is 51.7 Å². The molecular weight excluding hydrogens is 716 g/mol. The topological polar surface area (TPSA) is 183 Å². The van der Waals surface area contributed by atoms with E-state index in [-0.39, 0.29) is 60.1 Å². The summed E-state index contributed by atoms with van der Waals surface area (Å²) < 4.78 is 16.6. The fourth-order valence-electron chi connectivity index (χ4n) is 6.04. The van der Waals surface area contributed by atoms with Gasteiger partial charge in [-0.05, 0) is 69.0 Å². The maximum Gasteiger partial charge on any atom is 2.00 e. The third-order valence-corrected chi connectivity index (χ3v) is 8.36. The summed E-state index contributed by atoms with van der Waals surface area (Å²) in [4.78, 5) is 18.9. The second-order valence-electron chi connectivity index (χ2n) is 12.4. The maximum atomic E-state index is 13.9. The van der Waals surface area contributed by atoms with Crippen LogP contribution < -0.4 is 19.1 Å². The summed E-state index contributed by atoms with van der Waals surface area (Å²) in [7, 11) is 4.65. The molecule has 1 aliphatic rings. The molecule has 0 spiro atoms. The first-order chi connectivity index (χ1) is 23.8. The zero-order valence-electron chi connectivity index (χ0n) is 30.3. The van der Waals surface area contributed by atoms with E-state index < -0.39 is 0 Å². The van der Waals surface area contributed by atoms with Crippen molar-refractivity contribution in [2.45, 2.75) is 70.9 Å². The number of rotatable bonds is 12. The number of aromatic nitrogens is 1. The number of alkyl halides is 1. The van der Waals surface area contributed by atoms with Crippen LogP contribution in [0.3, 0.4) is 0 Å². The number of H-pyrrole nitrogens is 1. The molecule has 0 saturated heterocycles. The number of methoxy groups -OCH3 is 3. The number of ether oxygens (including phenoxy) is 3. The summed E-state index contributed by atoms with van der Waals surface area (Å²) >= 11 is 6.41. The number of carbonyl (C=O) groups excluding carboxylic acids is 1. The Morgan fingerprint density at radius 3 is 1.96 bits per heavy atom. The fraction of sp³-hybridized carbons (Fsp3) is 0.486. The minimum atomic E-state index is -0.375. The smallest absolute Gasteiger partial charge is 0.685 e. The van der Waals surface area contributed by atoms with Gasteiger partial charge < -0.3 is 55.6 Å². The Labute approximate surface area is 316 Å². The molecule has 1 aliphatic heterocycles. The number of anilines is 1. The summed E-state index contributed by atoms with van der Waals surface area (Å²) in [6.07, 6.45) is -0.556. The number of aliphatic hydroxyl groups excluding tert-OH is 4. The van der Waals surface area contributed by atoms with Gasteiger partial charge in [0.1, 0.15) is 5.69 Å². The minimum absolute atomic E-state index is 0. The molecule has 1 aromatic heterocycles. The number of amides is 1. The third-order valence-electron chi connectivity index (χ3n) is 7.98. The SMILES string of the molecule is CC(O)CC(C)O.CC(O)CC(C)O.COc1cc2cc(C(=O)N3CC(CCl)c4c3cc([N-]CC[NH-])c3ccccc43)[nH]c2c(OC)c1OC.[Cr+2]. The quantitative estimate of drug-likeness (QED) is 0.0992. The number of aromatic amines is 1. The molecule has 6 N–H and O–H groups in total. The molecule has 14 heteroatoms. The standard InChI is InChI=1S/C27H27ClN4O4.2C5H12O2.Cr/c1-34-22-11-15-10-20(31-24(15)26(36-3)25(22)35-2)27(33)32-14-16(13-28)23-18-7-5-4-6-17(18)19(12-21(23)32)30-9-8-29;2*1-4(6)3-5(2)7;/h4-7,10-12,16,29H,8-9,13-14H2,1-3H3,(H,31,33);2*4-7H,3H2,1-2H3;/q-2;;;+2. The number of hydrogen-bond donors (Lipinski definition) is 5. The van der Waals surface area contributed by atoms with Gasteiger partial charge in [0.15, 0.2) is 11.5 Å². The molecule has 280 valence electrons. The Morgan fingerprint density at radius 2 is 1.49 bits per heavy atom. The minimum Gasteiger partial charge on any atom is -0.685 e. The number of nitrogens with zero attached hydrogens (tertiary/aromatic N) is 2. The van der Waals surface area contributed by atoms with Gasteiger partial charge in [0.05, 0.1) is 51.3 Å². The molecule has 0 fully saturated rings. The molecule has 12 nitrogen and oxygen atoms in total. The molecule has 4 aromatic rings. The molecule has 0 radical (unpaired) electrons. The molecule has 0 bridgehead atoms. The molecule has 5 rings (SSSR count). The van der Waals surface area contributed by atoms with E-state index in [4.69, 9.17) is 52.0 Å². The molecule has 5 atom stereocenters. The van der Waals surface area contributed by atoms with Crippen molar-refractivity contribution in [3.05, 3.63) is 64.8 Å². The van der Waals surface area contributed by atoms with Crippen LogP contribution in [0.25, 0.3) is 32.7 Å². The predicted octanol–water partition coefficient (Wildman–Crippen LogP) is 6.66. The summed E-state index contributed by atoms with van der Waals surface area (Å²) in [6, 6.07) is 13.6. The summed E-state index contributed by atoms with van der Waals surface area (Å²) in [5.41, 5.74) is 11.2. The number of halogens is 1. The van der Waals surface area contributed by atoms with Gasteiger partial charge in [-0.1, -0.05) is 30.3 Å². The molecule has 0 aliphatic carbocycles. The van der Waals surface area contributed by atoms with Crippen molar-refractivity contribution in [1.29, 1.82) is 0 Å². The van der Waals surface area contributed by atoms with E-state index >= 15 is 0 Å². The van der Waals surface area contributed by atoms with E-state index in [9.17, 15) is 4.79 Å². The first-order valence-corrected chi connectivity index (χ1v) is 17.1. The van der Waals surface area contributed by atoms with Gasteiger partial charge in [-0.15, -0.1) is 17.3 Å². The predicted molar refractivity (Wildman–Crippen MR) is 200 cm³/mol. The van der Waals surface area contributed by atoms with E-state index in [0.29, 0.717) is 60.3 Å². The Bertz CT molecular complexity index is 1670. The van der Waals surface area contributed by atoms with Crippen LogP contribution in [-0.2, 0) is 17.4 Å². The van der Waals surface area contributed by atoms with Crippen molar-refractivity contribution < 1.29 is 56.8 Å². The number of benzene rings is 3. The number of hydrogen-bond acceptors (Lipinski definition) is 8. The van der Waals surface area contributed by atoms with Gasteiger partial charge >= 0.3 is 17.4 Å². The number of fused-ring (bicyclic) bond motifs is 4. The number of aliphatic hydroxyl groups is 4. The van der Waals surface area contributed by atoms with Crippen LogP contribution in [0.4, 0.5) is 11.4 Å². The van der Waals surface area contributed by atoms with Gasteiger partial charge in [0, 0.05) is 29.4 Å². The first-order valence-electron chi connectivity index (χ1n) is 16.6. The average Bonchev–Trinajstić information content (AvgIpc) is 3.67. The van der Waals surface area contributed by atoms with E-state index in [2.05, 4.69) is 10.3 Å². The van der Waals surface area contributed by atoms with Crippen LogP contribution in [-0.4, -0.2) is 103 Å². The summed E-state index contributed by atoms with van der Waals surface area (Å²) in [5, 5.41) is 41.7. The molecular formula is C37H51ClCrN4O8. The molecule has 2 heterocycles. The molecule has 5 unspecified atom stereocenters. The van der Waals surface area contributed by atoms with Crippen molar-refractivity contribution in [3.8, 4) is 17.2 Å². The van der Waals surface area contributed by atoms with E-state index in [1.807, 2.05) is 36.4 Å². The summed E-state index contributed by atoms with van der Waals surface area (Å²) in [5.74, 6) is 1.63.